The fourth-order valence-electron chi connectivity index (χ4n) is 28.0. The summed E-state index contributed by atoms with van der Waals surface area (Å²) in [5.74, 6) is 0. The molecule has 1 aliphatic carbocycles. The second-order valence-electron chi connectivity index (χ2n) is 43.7. The highest BCUT2D eigenvalue weighted by Crippen LogP contribution is 2.54. The normalized spacial score (nSPS) is 22.3. The zero-order chi connectivity index (χ0) is 126. The number of fused-ring (bicyclic) bond motifs is 19. The van der Waals surface area contributed by atoms with Crippen LogP contribution >= 0.6 is 0 Å². The van der Waals surface area contributed by atoms with Crippen molar-refractivity contribution in [2.75, 3.05) is 0 Å². The summed E-state index contributed by atoms with van der Waals surface area (Å²) in [5, 5.41) is 12.9. The fourth-order valence-corrected chi connectivity index (χ4v) is 53.4. The van der Waals surface area contributed by atoms with Gasteiger partial charge in [0, 0.05) is 121 Å². The maximum atomic E-state index is 9.15. The van der Waals surface area contributed by atoms with Gasteiger partial charge in [-0.3, -0.25) is 0 Å². The Hall–Kier alpha value is -13.3. The maximum Gasteiger partial charge on any atom is 0.215 e. The quantitative estimate of drug-likeness (QED) is 0.112. The molecule has 5 nitrogen and oxygen atoms in total. The second kappa shape index (κ2) is 36.9. The highest BCUT2D eigenvalue weighted by molar-refractivity contribution is 7.18. The number of pyridine rings is 5. The Balaban J connectivity index is 0.000000119. The third-order valence-electron chi connectivity index (χ3n) is 34.7. The van der Waals surface area contributed by atoms with Gasteiger partial charge in [-0.25, -0.2) is 22.8 Å². The van der Waals surface area contributed by atoms with Crippen LogP contribution in [0.3, 0.4) is 0 Å². The average Bonchev–Trinajstić information content (AvgIpc) is 1.49. The van der Waals surface area contributed by atoms with E-state index in [4.69, 9.17) is 37.0 Å². The van der Waals surface area contributed by atoms with E-state index in [-0.39, 0.29) is 32.9 Å². The molecule has 1 fully saturated rings. The van der Waals surface area contributed by atoms with E-state index < -0.39 is 114 Å². The van der Waals surface area contributed by atoms with Crippen molar-refractivity contribution in [3.8, 4) is 112 Å². The van der Waals surface area contributed by atoms with Crippen LogP contribution in [0, 0.1) is 96.5 Å². The second-order valence-corrected chi connectivity index (χ2v) is 63.4. The van der Waals surface area contributed by atoms with E-state index in [2.05, 4.69) is 234 Å². The van der Waals surface area contributed by atoms with E-state index in [0.717, 1.165) is 115 Å². The van der Waals surface area contributed by atoms with Gasteiger partial charge in [-0.1, -0.05) is 358 Å². The van der Waals surface area contributed by atoms with Gasteiger partial charge < -0.3 is 0 Å². The smallest absolute Gasteiger partial charge is 0.201 e. The van der Waals surface area contributed by atoms with Crippen LogP contribution in [0.2, 0.25) is 31.7 Å². The third kappa shape index (κ3) is 14.6. The molecule has 13 aromatic carbocycles. The molecular formula is C138H146N5Si5+5. The molecule has 18 aromatic rings. The zero-order valence-corrected chi connectivity index (χ0v) is 92.8. The van der Waals surface area contributed by atoms with Crippen LogP contribution in [-0.4, -0.2) is 40.4 Å². The molecule has 1 saturated carbocycles. The third-order valence-corrected chi connectivity index (χ3v) is 58.5. The standard InChI is InChI=1S/C30H30NSi.C29H28NSi.C28H34NSi.C28H28NSi.C23H26NSi/c1-19-12-14-23-24-15-13-21(3)27-28-25(16-20(2)18-31(28)6)30(4,5)32(29(24)27,26(23)17-19)22-10-8-7-9-11-22;1-19-13-15-22-23-16-14-20(2)26-27-24(12-9-17-30(27)5)29(3,4)31(28(23)26,25(22)18-19)21-10-7-6-8-11-21;2*1-19-17-18-29(4)27(21(19)3)26-20(2)15-16-24-23-13-9-10-14-25(23)30(5,28(24)26)22-11-7-6-8-12-22;1-15-13-17(3)22(24(4)14-15)21-16(2)11-12-19-18-9-7-8-10-20(18)25(5,6)23(19)21/h7-18H,1-6H3;6-18H,1-5H3;9-10,13-18,22H,6-8,11-12H2,1-5H3;6-18H,1-5H3;7-14H,1-6H3/q5*+1/i2D3;3D3,4D3;2*1D3,3D2;1D3,3D2,5D3. The molecule has 0 bridgehead atoms. The average molecular weight is 2040 g/mol. The van der Waals surface area contributed by atoms with Crippen molar-refractivity contribution < 1.29 is 59.8 Å². The Labute approximate surface area is 924 Å². The fraction of sp³-hybridized carbons (Fsp3) is 0.254. The molecule has 0 amide bonds. The minimum atomic E-state index is -3.81. The molecule has 10 heteroatoms. The molecule has 148 heavy (non-hydrogen) atoms. The first-order valence-electron chi connectivity index (χ1n) is 65.8. The predicted octanol–water partition coefficient (Wildman–Crippen LogP) is 22.2. The Morgan fingerprint density at radius 3 is 1.18 bits per heavy atom. The van der Waals surface area contributed by atoms with Gasteiger partial charge in [0.1, 0.15) is 59.5 Å². The summed E-state index contributed by atoms with van der Waals surface area (Å²) in [4.78, 5) is 0. The van der Waals surface area contributed by atoms with E-state index in [9.17, 15) is 0 Å². The van der Waals surface area contributed by atoms with E-state index in [1.54, 1.807) is 48.3 Å². The lowest BCUT2D eigenvalue weighted by atomic mass is 9.89. The van der Waals surface area contributed by atoms with Crippen molar-refractivity contribution in [2.24, 2.45) is 35.2 Å². The molecule has 8 aliphatic rings. The Morgan fingerprint density at radius 2 is 0.682 bits per heavy atom. The first-order chi connectivity index (χ1) is 82.2. The molecule has 0 N–H and O–H groups in total. The maximum absolute atomic E-state index is 9.15. The van der Waals surface area contributed by atoms with Gasteiger partial charge in [-0.05, 0) is 282 Å². The lowest BCUT2D eigenvalue weighted by Crippen LogP contribution is -2.77. The number of nitrogens with zero attached hydrogens (tertiary/aromatic N) is 5. The van der Waals surface area contributed by atoms with Crippen LogP contribution in [0.25, 0.3) is 112 Å². The van der Waals surface area contributed by atoms with Gasteiger partial charge in [0.2, 0.25) is 28.5 Å². The van der Waals surface area contributed by atoms with E-state index in [0.29, 0.717) is 44.9 Å². The molecule has 12 heterocycles. The summed E-state index contributed by atoms with van der Waals surface area (Å²) in [6, 6.07) is 101. The van der Waals surface area contributed by atoms with Crippen LogP contribution in [0.1, 0.15) is 186 Å². The van der Waals surface area contributed by atoms with Crippen LogP contribution in [0.4, 0.5) is 0 Å². The van der Waals surface area contributed by atoms with Crippen LogP contribution in [0.15, 0.2) is 328 Å². The van der Waals surface area contributed by atoms with Crippen molar-refractivity contribution in [2.45, 2.75) is 198 Å². The van der Waals surface area contributed by atoms with Crippen LogP contribution in [0.5, 0.6) is 0 Å². The first kappa shape index (κ1) is 72.1. The molecule has 5 atom stereocenters. The monoisotopic (exact) mass is 2040 g/mol. The number of rotatable bonds is 7. The lowest BCUT2D eigenvalue weighted by molar-refractivity contribution is -0.661. The highest BCUT2D eigenvalue weighted by atomic mass is 28.3. The van der Waals surface area contributed by atoms with Gasteiger partial charge in [0.05, 0.1) is 11.1 Å². The molecule has 5 unspecified atom stereocenters. The van der Waals surface area contributed by atoms with Gasteiger partial charge >= 0.3 is 0 Å². The summed E-state index contributed by atoms with van der Waals surface area (Å²) in [7, 11) is -5.00. The first-order valence-corrected chi connectivity index (χ1v) is 63.4. The number of aryl methyl sites for hydroxylation is 17. The van der Waals surface area contributed by atoms with Gasteiger partial charge in [0.25, 0.3) is 0 Å². The molecule has 738 valence electrons. The molecule has 7 aliphatic heterocycles. The topological polar surface area (TPSA) is 19.4 Å². The van der Waals surface area contributed by atoms with Crippen molar-refractivity contribution in [3.05, 3.63) is 417 Å². The van der Waals surface area contributed by atoms with Crippen molar-refractivity contribution in [1.29, 1.82) is 0 Å². The molecule has 0 spiro atoms. The molecular weight excluding hydrogens is 1870 g/mol. The molecule has 0 radical (unpaired) electrons. The zero-order valence-electron chi connectivity index (χ0n) is 115. The largest absolute Gasteiger partial charge is 0.215 e. The van der Waals surface area contributed by atoms with Gasteiger partial charge in [0.15, 0.2) is 47.1 Å². The Kier molecular flexibility index (Phi) is 18.0. The van der Waals surface area contributed by atoms with Crippen LogP contribution in [-0.2, 0) is 45.3 Å². The Bertz CT molecular complexity index is 9650. The van der Waals surface area contributed by atoms with Gasteiger partial charge in [-0.2, -0.15) is 0 Å². The summed E-state index contributed by atoms with van der Waals surface area (Å²) in [6.45, 7) is 4.46. The highest BCUT2D eigenvalue weighted by Gasteiger charge is 2.66. The Morgan fingerprint density at radius 1 is 0.284 bits per heavy atom. The van der Waals surface area contributed by atoms with Crippen molar-refractivity contribution in [3.63, 3.8) is 0 Å². The van der Waals surface area contributed by atoms with Gasteiger partial charge in [-0.15, -0.1) is 0 Å². The summed E-state index contributed by atoms with van der Waals surface area (Å²) < 4.78 is 237. The summed E-state index contributed by atoms with van der Waals surface area (Å²) >= 11 is 0. The lowest BCUT2D eigenvalue weighted by Gasteiger charge is -2.48. The predicted molar refractivity (Wildman–Crippen MR) is 638 cm³/mol. The number of hydrogen-bond acceptors (Lipinski definition) is 0. The van der Waals surface area contributed by atoms with Crippen molar-refractivity contribution >= 4 is 108 Å². The minimum Gasteiger partial charge on any atom is -0.201 e. The number of aromatic nitrogens is 5. The van der Waals surface area contributed by atoms with E-state index >= 15 is 0 Å². The SMILES string of the molecule is [2H]C([2H])([2H])C1(C([2H])([2H])[2H])c2ccc[n+](C)c2-c2c(C)ccc3c2[Si]1(c1ccccc1)c1cc(C)ccc1-3.[2H]C([2H])([2H])c1cc2c([n+](C)c1)-c1c(C)ccc3c1[Si](c1ccccc1)(c1cc(C)ccc1-3)C2(C)C.[2H]C([2H])c1c(C([2H])([2H])[2H])cc[n+](C)c1-c1c(C)ccc2c1[Si](C)(C1CCCCC1)c1ccccc1-2.[2H]C([2H])c1c(C([2H])([2H])[2H])cc[n+](C)c1-c1c(C)ccc2c1[Si](C)(c1ccccc1)c1ccccc1-2.[2H]C([2H])c1cc(C([2H])([2H])[2H])c[n+](C)c1-c1c(C)ccc2c1[Si](C)(C([2H])([2H])[2H])c1ccccc1-2. The summed E-state index contributed by atoms with van der Waals surface area (Å²) in [5.41, 5.74) is 31.2. The van der Waals surface area contributed by atoms with Crippen molar-refractivity contribution in [1.82, 2.24) is 0 Å². The van der Waals surface area contributed by atoms with Crippen LogP contribution < -0.4 is 90.3 Å². The number of hydrogen-bond donors (Lipinski definition) is 0. The molecule has 5 aromatic heterocycles. The minimum absolute atomic E-state index is 0.0533. The molecule has 0 saturated heterocycles. The van der Waals surface area contributed by atoms with E-state index in [1.807, 2.05) is 173 Å². The summed E-state index contributed by atoms with van der Waals surface area (Å²) in [6.07, 6.45) is 15.0. The van der Waals surface area contributed by atoms with E-state index in [1.165, 1.54) is 130 Å². The molecule has 26 rings (SSSR count). The number of benzene rings is 13.